The van der Waals surface area contributed by atoms with Gasteiger partial charge in [-0.25, -0.2) is 0 Å². The molecule has 1 aromatic heterocycles. The summed E-state index contributed by atoms with van der Waals surface area (Å²) in [6.07, 6.45) is 1.31. The lowest BCUT2D eigenvalue weighted by atomic mass is 10.00. The van der Waals surface area contributed by atoms with Gasteiger partial charge in [0, 0.05) is 37.2 Å². The van der Waals surface area contributed by atoms with E-state index in [9.17, 15) is 14.4 Å². The number of hydrogen-bond acceptors (Lipinski definition) is 5. The van der Waals surface area contributed by atoms with Crippen LogP contribution in [-0.2, 0) is 28.9 Å². The number of amides is 3. The van der Waals surface area contributed by atoms with E-state index in [1.54, 1.807) is 37.6 Å². The van der Waals surface area contributed by atoms with Gasteiger partial charge in [0.1, 0.15) is 12.1 Å². The monoisotopic (exact) mass is 542 g/mol. The van der Waals surface area contributed by atoms with Crippen LogP contribution in [0.5, 0.6) is 0 Å². The number of fused-ring (bicyclic) bond motifs is 1. The highest BCUT2D eigenvalue weighted by molar-refractivity contribution is 7.17. The zero-order valence-corrected chi connectivity index (χ0v) is 23.0. The molecule has 202 valence electrons. The van der Waals surface area contributed by atoms with Crippen molar-refractivity contribution in [3.63, 3.8) is 0 Å². The summed E-state index contributed by atoms with van der Waals surface area (Å²) in [5.74, 6) is -0.948. The molecule has 0 spiro atoms. The normalized spacial score (nSPS) is 12.5. The second-order valence-electron chi connectivity index (χ2n) is 9.50. The first-order valence-electron chi connectivity index (χ1n) is 13.0. The van der Waals surface area contributed by atoms with E-state index >= 15 is 0 Å². The van der Waals surface area contributed by atoms with Gasteiger partial charge in [0.25, 0.3) is 5.91 Å². The molecule has 7 nitrogen and oxygen atoms in total. The molecule has 2 atom stereocenters. The average Bonchev–Trinajstić information content (AvgIpc) is 3.38. The van der Waals surface area contributed by atoms with Crippen LogP contribution in [0.15, 0.2) is 84.2 Å². The molecule has 4 aromatic rings. The largest absolute Gasteiger partial charge is 0.357 e. The van der Waals surface area contributed by atoms with Gasteiger partial charge in [-0.1, -0.05) is 60.7 Å². The Kier molecular flexibility index (Phi) is 9.46. The average molecular weight is 543 g/mol. The van der Waals surface area contributed by atoms with Crippen LogP contribution in [0.4, 0.5) is 0 Å². The molecule has 0 fully saturated rings. The summed E-state index contributed by atoms with van der Waals surface area (Å²) in [6, 6.07) is 23.2. The fourth-order valence-corrected chi connectivity index (χ4v) is 5.67. The fraction of sp³-hybridized carbons (Fsp3) is 0.258. The van der Waals surface area contributed by atoms with Crippen LogP contribution in [0.3, 0.4) is 0 Å². The molecule has 0 aliphatic heterocycles. The first kappa shape index (κ1) is 28.0. The van der Waals surface area contributed by atoms with Crippen molar-refractivity contribution in [1.29, 1.82) is 0 Å². The molecule has 0 aliphatic rings. The molecular formula is C31H34N4O3S. The minimum Gasteiger partial charge on any atom is -0.357 e. The maximum atomic E-state index is 14.0. The lowest BCUT2D eigenvalue weighted by molar-refractivity contribution is -0.140. The molecule has 8 heteroatoms. The molecule has 4 N–H and O–H groups in total. The summed E-state index contributed by atoms with van der Waals surface area (Å²) >= 11 is 1.60. The van der Waals surface area contributed by atoms with Gasteiger partial charge in [-0.3, -0.25) is 14.4 Å². The third-order valence-corrected chi connectivity index (χ3v) is 7.86. The van der Waals surface area contributed by atoms with Gasteiger partial charge in [0.15, 0.2) is 0 Å². The highest BCUT2D eigenvalue weighted by atomic mass is 32.1. The highest BCUT2D eigenvalue weighted by Crippen LogP contribution is 2.27. The van der Waals surface area contributed by atoms with Crippen LogP contribution >= 0.6 is 11.3 Å². The summed E-state index contributed by atoms with van der Waals surface area (Å²) in [6.45, 7) is 0.477. The Labute approximate surface area is 233 Å². The van der Waals surface area contributed by atoms with Crippen molar-refractivity contribution in [3.8, 4) is 0 Å². The predicted octanol–water partition coefficient (Wildman–Crippen LogP) is 3.56. The Morgan fingerprint density at radius 2 is 1.64 bits per heavy atom. The van der Waals surface area contributed by atoms with E-state index in [0.717, 1.165) is 26.8 Å². The minimum absolute atomic E-state index is 0.268. The molecule has 39 heavy (non-hydrogen) atoms. The van der Waals surface area contributed by atoms with Crippen molar-refractivity contribution < 1.29 is 14.4 Å². The van der Waals surface area contributed by atoms with E-state index < -0.39 is 12.1 Å². The summed E-state index contributed by atoms with van der Waals surface area (Å²) in [4.78, 5) is 41.8. The highest BCUT2D eigenvalue weighted by Gasteiger charge is 2.32. The smallest absolute Gasteiger partial charge is 0.251 e. The van der Waals surface area contributed by atoms with Gasteiger partial charge in [-0.15, -0.1) is 11.3 Å². The van der Waals surface area contributed by atoms with Crippen molar-refractivity contribution >= 4 is 39.1 Å². The molecular weight excluding hydrogens is 508 g/mol. The molecule has 0 bridgehead atoms. The van der Waals surface area contributed by atoms with Crippen LogP contribution in [0, 0.1) is 0 Å². The van der Waals surface area contributed by atoms with Crippen LogP contribution < -0.4 is 16.4 Å². The summed E-state index contributed by atoms with van der Waals surface area (Å²) in [5, 5.41) is 8.74. The number of benzene rings is 3. The van der Waals surface area contributed by atoms with Crippen molar-refractivity contribution in [2.45, 2.75) is 31.3 Å². The topological polar surface area (TPSA) is 105 Å². The SMILES string of the molecule is CNC(=O)C(Cc1ccccc1)N(C)C(=O)C(Cc1csc2ccccc12)NC(=O)c1cccc(CCN)c1. The van der Waals surface area contributed by atoms with Crippen molar-refractivity contribution in [3.05, 3.63) is 106 Å². The first-order chi connectivity index (χ1) is 18.9. The Bertz CT molecular complexity index is 1440. The molecule has 1 heterocycles. The molecule has 0 radical (unpaired) electrons. The number of nitrogens with zero attached hydrogens (tertiary/aromatic N) is 1. The minimum atomic E-state index is -0.874. The Morgan fingerprint density at radius 1 is 0.923 bits per heavy atom. The Hall–Kier alpha value is -4.01. The van der Waals surface area contributed by atoms with Gasteiger partial charge in [0.2, 0.25) is 11.8 Å². The fourth-order valence-electron chi connectivity index (χ4n) is 4.70. The van der Waals surface area contributed by atoms with Crippen LogP contribution in [0.1, 0.15) is 27.0 Å². The third-order valence-electron chi connectivity index (χ3n) is 6.85. The Balaban J connectivity index is 1.64. The zero-order chi connectivity index (χ0) is 27.8. The molecule has 3 aromatic carbocycles. The van der Waals surface area contributed by atoms with E-state index in [0.29, 0.717) is 31.4 Å². The molecule has 4 rings (SSSR count). The third kappa shape index (κ3) is 6.90. The molecule has 0 saturated carbocycles. The maximum Gasteiger partial charge on any atom is 0.251 e. The molecule has 0 saturated heterocycles. The number of nitrogens with one attached hydrogen (secondary N) is 2. The summed E-state index contributed by atoms with van der Waals surface area (Å²) in [7, 11) is 3.18. The van der Waals surface area contributed by atoms with Gasteiger partial charge in [-0.05, 0) is 58.6 Å². The number of hydrogen-bond donors (Lipinski definition) is 3. The number of carbonyl (C=O) groups is 3. The number of thiophene rings is 1. The van der Waals surface area contributed by atoms with E-state index in [-0.39, 0.29) is 17.7 Å². The number of likely N-dealkylation sites (N-methyl/N-ethyl adjacent to an activating group) is 2. The van der Waals surface area contributed by atoms with E-state index in [1.807, 2.05) is 72.1 Å². The van der Waals surface area contributed by atoms with Gasteiger partial charge in [0.05, 0.1) is 0 Å². The lowest BCUT2D eigenvalue weighted by Crippen LogP contribution is -2.55. The first-order valence-corrected chi connectivity index (χ1v) is 13.9. The second kappa shape index (κ2) is 13.2. The van der Waals surface area contributed by atoms with Crippen molar-refractivity contribution in [1.82, 2.24) is 15.5 Å². The van der Waals surface area contributed by atoms with Crippen LogP contribution in [0.25, 0.3) is 10.1 Å². The second-order valence-corrected chi connectivity index (χ2v) is 10.4. The quantitative estimate of drug-likeness (QED) is 0.270. The molecule has 3 amide bonds. The summed E-state index contributed by atoms with van der Waals surface area (Å²) in [5.41, 5.74) is 9.02. The molecule has 0 aliphatic carbocycles. The summed E-state index contributed by atoms with van der Waals surface area (Å²) < 4.78 is 1.11. The number of carbonyl (C=O) groups excluding carboxylic acids is 3. The van der Waals surface area contributed by atoms with E-state index in [2.05, 4.69) is 10.6 Å². The van der Waals surface area contributed by atoms with Crippen LogP contribution in [-0.4, -0.2) is 55.3 Å². The number of nitrogens with two attached hydrogens (primary N) is 1. The standard InChI is InChI=1S/C31H34N4O3S/c1-33-30(37)27(18-21-9-4-3-5-10-21)35(2)31(38)26(19-24-20-39-28-14-7-6-13-25(24)28)34-29(36)23-12-8-11-22(17-23)15-16-32/h3-14,17,20,26-27H,15-16,18-19,32H2,1-2H3,(H,33,37)(H,34,36). The maximum absolute atomic E-state index is 14.0. The van der Waals surface area contributed by atoms with E-state index in [1.165, 1.54) is 4.90 Å². The van der Waals surface area contributed by atoms with E-state index in [4.69, 9.17) is 5.73 Å². The number of rotatable bonds is 11. The van der Waals surface area contributed by atoms with Crippen LogP contribution in [0.2, 0.25) is 0 Å². The predicted molar refractivity (Wildman–Crippen MR) is 157 cm³/mol. The molecule has 2 unspecified atom stereocenters. The lowest BCUT2D eigenvalue weighted by Gasteiger charge is -2.31. The van der Waals surface area contributed by atoms with Gasteiger partial charge >= 0.3 is 0 Å². The zero-order valence-electron chi connectivity index (χ0n) is 22.2. The van der Waals surface area contributed by atoms with Crippen molar-refractivity contribution in [2.24, 2.45) is 5.73 Å². The van der Waals surface area contributed by atoms with Gasteiger partial charge in [-0.2, -0.15) is 0 Å². The Morgan fingerprint density at radius 3 is 2.38 bits per heavy atom. The van der Waals surface area contributed by atoms with Gasteiger partial charge < -0.3 is 21.3 Å². The van der Waals surface area contributed by atoms with Crippen molar-refractivity contribution in [2.75, 3.05) is 20.6 Å².